The van der Waals surface area contributed by atoms with Crippen LogP contribution in [0.25, 0.3) is 5.69 Å². The molecule has 1 heterocycles. The van der Waals surface area contributed by atoms with E-state index in [-0.39, 0.29) is 12.6 Å². The molecular weight excluding hydrogens is 356 g/mol. The maximum absolute atomic E-state index is 10.3. The lowest BCUT2D eigenvalue weighted by Gasteiger charge is -2.27. The predicted molar refractivity (Wildman–Crippen MR) is 107 cm³/mol. The van der Waals surface area contributed by atoms with Crippen molar-refractivity contribution in [1.29, 1.82) is 0 Å². The van der Waals surface area contributed by atoms with E-state index >= 15 is 0 Å². The maximum atomic E-state index is 10.3. The monoisotopic (exact) mass is 382 g/mol. The highest BCUT2D eigenvalue weighted by Gasteiger charge is 2.16. The highest BCUT2D eigenvalue weighted by molar-refractivity contribution is 5.34. The fourth-order valence-electron chi connectivity index (χ4n) is 2.91. The highest BCUT2D eigenvalue weighted by Crippen LogP contribution is 2.21. The Bertz CT molecular complexity index is 835. The van der Waals surface area contributed by atoms with E-state index < -0.39 is 6.10 Å². The Labute approximate surface area is 165 Å². The van der Waals surface area contributed by atoms with Gasteiger partial charge in [-0.2, -0.15) is 5.10 Å². The zero-order valence-electron chi connectivity index (χ0n) is 16.4. The summed E-state index contributed by atoms with van der Waals surface area (Å²) in [5, 5.41) is 14.5. The highest BCUT2D eigenvalue weighted by atomic mass is 16.5. The SMILES string of the molecule is COc1ccc(OCC(O)CN(C)C(C)c2ccc(-n3cncn3)cc2)cc1. The third-order valence-electron chi connectivity index (χ3n) is 4.72. The molecule has 2 aromatic carbocycles. The lowest BCUT2D eigenvalue weighted by atomic mass is 10.1. The minimum Gasteiger partial charge on any atom is -0.497 e. The van der Waals surface area contributed by atoms with Gasteiger partial charge in [0.25, 0.3) is 0 Å². The smallest absolute Gasteiger partial charge is 0.138 e. The molecule has 2 unspecified atom stereocenters. The van der Waals surface area contributed by atoms with Gasteiger partial charge in [0.15, 0.2) is 0 Å². The molecule has 0 bridgehead atoms. The molecule has 2 atom stereocenters. The summed E-state index contributed by atoms with van der Waals surface area (Å²) in [7, 11) is 3.62. The molecule has 0 fully saturated rings. The van der Waals surface area contributed by atoms with Crippen LogP contribution in [-0.2, 0) is 0 Å². The number of likely N-dealkylation sites (N-methyl/N-ethyl adjacent to an activating group) is 1. The van der Waals surface area contributed by atoms with Crippen molar-refractivity contribution in [1.82, 2.24) is 19.7 Å². The van der Waals surface area contributed by atoms with Gasteiger partial charge in [-0.05, 0) is 55.9 Å². The van der Waals surface area contributed by atoms with Crippen molar-refractivity contribution in [3.63, 3.8) is 0 Å². The minimum absolute atomic E-state index is 0.153. The summed E-state index contributed by atoms with van der Waals surface area (Å²) in [6, 6.07) is 15.6. The van der Waals surface area contributed by atoms with Gasteiger partial charge in [-0.3, -0.25) is 4.90 Å². The number of hydrogen-bond donors (Lipinski definition) is 1. The number of hydrogen-bond acceptors (Lipinski definition) is 6. The standard InChI is InChI=1S/C21H26N4O3/c1-16(17-4-6-18(7-5-17)25-15-22-14-23-25)24(2)12-19(26)13-28-21-10-8-20(27-3)9-11-21/h4-11,14-16,19,26H,12-13H2,1-3H3. The van der Waals surface area contributed by atoms with Crippen molar-refractivity contribution < 1.29 is 14.6 Å². The number of rotatable bonds is 9. The molecule has 3 rings (SSSR count). The first-order valence-electron chi connectivity index (χ1n) is 9.17. The van der Waals surface area contributed by atoms with Gasteiger partial charge in [0.1, 0.15) is 36.9 Å². The van der Waals surface area contributed by atoms with Crippen molar-refractivity contribution in [2.75, 3.05) is 27.3 Å². The van der Waals surface area contributed by atoms with Gasteiger partial charge in [0.05, 0.1) is 12.8 Å². The summed E-state index contributed by atoms with van der Waals surface area (Å²) in [4.78, 5) is 6.07. The maximum Gasteiger partial charge on any atom is 0.138 e. The van der Waals surface area contributed by atoms with Gasteiger partial charge >= 0.3 is 0 Å². The molecule has 1 N–H and O–H groups in total. The summed E-state index contributed by atoms with van der Waals surface area (Å²) >= 11 is 0. The second kappa shape index (κ2) is 9.34. The molecule has 3 aromatic rings. The molecule has 1 aromatic heterocycles. The number of ether oxygens (including phenoxy) is 2. The second-order valence-electron chi connectivity index (χ2n) is 6.69. The zero-order chi connectivity index (χ0) is 19.9. The van der Waals surface area contributed by atoms with E-state index in [4.69, 9.17) is 9.47 Å². The molecule has 0 aliphatic rings. The van der Waals surface area contributed by atoms with E-state index in [1.807, 2.05) is 43.4 Å². The van der Waals surface area contributed by atoms with Crippen LogP contribution in [0.3, 0.4) is 0 Å². The molecule has 28 heavy (non-hydrogen) atoms. The van der Waals surface area contributed by atoms with E-state index in [0.717, 1.165) is 17.0 Å². The molecule has 0 amide bonds. The van der Waals surface area contributed by atoms with E-state index in [9.17, 15) is 5.11 Å². The van der Waals surface area contributed by atoms with Crippen LogP contribution in [0, 0.1) is 0 Å². The van der Waals surface area contributed by atoms with Gasteiger partial charge in [0, 0.05) is 12.6 Å². The first-order valence-corrected chi connectivity index (χ1v) is 9.17. The van der Waals surface area contributed by atoms with E-state index in [2.05, 4.69) is 34.0 Å². The number of aliphatic hydroxyl groups excluding tert-OH is 1. The molecule has 148 valence electrons. The van der Waals surface area contributed by atoms with Crippen molar-refractivity contribution in [2.45, 2.75) is 19.1 Å². The summed E-state index contributed by atoms with van der Waals surface area (Å²) in [6.07, 6.45) is 2.59. The van der Waals surface area contributed by atoms with Crippen LogP contribution in [0.15, 0.2) is 61.2 Å². The Morgan fingerprint density at radius 3 is 2.36 bits per heavy atom. The Hall–Kier alpha value is -2.90. The van der Waals surface area contributed by atoms with Crippen LogP contribution in [0.1, 0.15) is 18.5 Å². The van der Waals surface area contributed by atoms with Crippen LogP contribution in [0.5, 0.6) is 11.5 Å². The number of aliphatic hydroxyl groups is 1. The topological polar surface area (TPSA) is 72.6 Å². The molecule has 0 aliphatic carbocycles. The van der Waals surface area contributed by atoms with Crippen LogP contribution in [-0.4, -0.2) is 58.2 Å². The minimum atomic E-state index is -0.594. The Morgan fingerprint density at radius 2 is 1.75 bits per heavy atom. The predicted octanol–water partition coefficient (Wildman–Crippen LogP) is 2.71. The summed E-state index contributed by atoms with van der Waals surface area (Å²) in [5.41, 5.74) is 2.12. The van der Waals surface area contributed by atoms with Crippen molar-refractivity contribution in [2.24, 2.45) is 0 Å². The normalized spacial score (nSPS) is 13.3. The number of nitrogens with zero attached hydrogens (tertiary/aromatic N) is 4. The van der Waals surface area contributed by atoms with Crippen LogP contribution in [0.2, 0.25) is 0 Å². The summed E-state index contributed by atoms with van der Waals surface area (Å²) < 4.78 is 12.5. The third-order valence-corrected chi connectivity index (χ3v) is 4.72. The molecule has 7 heteroatoms. The number of benzene rings is 2. The first kappa shape index (κ1) is 19.9. The Kier molecular flexibility index (Phi) is 6.62. The fourth-order valence-corrected chi connectivity index (χ4v) is 2.91. The Balaban J connectivity index is 1.50. The van der Waals surface area contributed by atoms with Gasteiger partial charge in [-0.15, -0.1) is 0 Å². The molecule has 0 saturated carbocycles. The van der Waals surface area contributed by atoms with E-state index in [1.165, 1.54) is 6.33 Å². The average molecular weight is 382 g/mol. The van der Waals surface area contributed by atoms with Crippen molar-refractivity contribution in [3.05, 3.63) is 66.7 Å². The molecule has 0 saturated heterocycles. The fraction of sp³-hybridized carbons (Fsp3) is 0.333. The van der Waals surface area contributed by atoms with Crippen molar-refractivity contribution in [3.8, 4) is 17.2 Å². The molecule has 0 radical (unpaired) electrons. The lowest BCUT2D eigenvalue weighted by molar-refractivity contribution is 0.0653. The number of aromatic nitrogens is 3. The van der Waals surface area contributed by atoms with E-state index in [1.54, 1.807) is 18.1 Å². The van der Waals surface area contributed by atoms with Crippen LogP contribution >= 0.6 is 0 Å². The van der Waals surface area contributed by atoms with Gasteiger partial charge in [-0.1, -0.05) is 12.1 Å². The van der Waals surface area contributed by atoms with E-state index in [0.29, 0.717) is 12.3 Å². The van der Waals surface area contributed by atoms with Gasteiger partial charge in [0.2, 0.25) is 0 Å². The zero-order valence-corrected chi connectivity index (χ0v) is 16.4. The molecule has 0 spiro atoms. The second-order valence-corrected chi connectivity index (χ2v) is 6.69. The molecule has 7 nitrogen and oxygen atoms in total. The van der Waals surface area contributed by atoms with Crippen LogP contribution in [0.4, 0.5) is 0 Å². The third kappa shape index (κ3) is 5.09. The quantitative estimate of drug-likeness (QED) is 0.613. The molecule has 0 aliphatic heterocycles. The summed E-state index contributed by atoms with van der Waals surface area (Å²) in [5.74, 6) is 1.48. The molecular formula is C21H26N4O3. The summed E-state index contributed by atoms with van der Waals surface area (Å²) in [6.45, 7) is 2.85. The first-order chi connectivity index (χ1) is 13.6. The van der Waals surface area contributed by atoms with Crippen molar-refractivity contribution >= 4 is 0 Å². The van der Waals surface area contributed by atoms with Gasteiger partial charge in [-0.25, -0.2) is 9.67 Å². The van der Waals surface area contributed by atoms with Crippen LogP contribution < -0.4 is 9.47 Å². The van der Waals surface area contributed by atoms with Gasteiger partial charge < -0.3 is 14.6 Å². The largest absolute Gasteiger partial charge is 0.497 e. The number of methoxy groups -OCH3 is 1. The average Bonchev–Trinajstić information content (AvgIpc) is 3.27. The lowest BCUT2D eigenvalue weighted by Crippen LogP contribution is -2.34. The Morgan fingerprint density at radius 1 is 1.07 bits per heavy atom.